The minimum atomic E-state index is 1.16. The smallest absolute Gasteiger partial charge is 0.0563 e. The zero-order valence-corrected chi connectivity index (χ0v) is 24.4. The largest absolute Gasteiger partial charge is 0.309 e. The lowest BCUT2D eigenvalue weighted by molar-refractivity contribution is 1.15. The molecule has 0 amide bonds. The van der Waals surface area contributed by atoms with E-state index in [1.807, 2.05) is 0 Å². The van der Waals surface area contributed by atoms with Gasteiger partial charge in [0.15, 0.2) is 0 Å². The lowest BCUT2D eigenvalue weighted by atomic mass is 10.0. The second-order valence-electron chi connectivity index (χ2n) is 11.8. The van der Waals surface area contributed by atoms with E-state index in [-0.39, 0.29) is 0 Å². The van der Waals surface area contributed by atoms with Gasteiger partial charge in [-0.15, -0.1) is 0 Å². The Labute approximate surface area is 259 Å². The van der Waals surface area contributed by atoms with Crippen LogP contribution >= 0.6 is 0 Å². The van der Waals surface area contributed by atoms with Gasteiger partial charge in [0.1, 0.15) is 0 Å². The maximum absolute atomic E-state index is 2.44. The lowest BCUT2D eigenvalue weighted by Crippen LogP contribution is -1.99. The van der Waals surface area contributed by atoms with Crippen LogP contribution in [0.1, 0.15) is 0 Å². The molecule has 0 saturated carbocycles. The summed E-state index contributed by atoms with van der Waals surface area (Å²) in [6, 6.07) is 59.3. The second-order valence-corrected chi connectivity index (χ2v) is 11.8. The van der Waals surface area contributed by atoms with Crippen LogP contribution in [0.4, 0.5) is 0 Å². The first-order chi connectivity index (χ1) is 22.4. The first kappa shape index (κ1) is 24.4. The highest BCUT2D eigenvalue weighted by atomic mass is 15.0. The molecular weight excluding hydrogens is 546 g/mol. The van der Waals surface area contributed by atoms with Gasteiger partial charge in [-0.05, 0) is 72.3 Å². The number of rotatable bonds is 4. The van der Waals surface area contributed by atoms with Crippen LogP contribution in [0.3, 0.4) is 0 Å². The van der Waals surface area contributed by atoms with E-state index in [2.05, 4.69) is 177 Å². The Morgan fingerprint density at radius 1 is 0.311 bits per heavy atom. The van der Waals surface area contributed by atoms with Crippen molar-refractivity contribution >= 4 is 54.6 Å². The molecule has 0 aliphatic heterocycles. The third-order valence-electron chi connectivity index (χ3n) is 9.41. The highest BCUT2D eigenvalue weighted by molar-refractivity contribution is 6.25. The summed E-state index contributed by atoms with van der Waals surface area (Å²) in [7, 11) is 0. The molecule has 0 unspecified atom stereocenters. The molecule has 3 heteroatoms. The molecule has 0 atom stereocenters. The van der Waals surface area contributed by atoms with Crippen molar-refractivity contribution in [1.82, 2.24) is 13.7 Å². The van der Waals surface area contributed by atoms with E-state index < -0.39 is 0 Å². The van der Waals surface area contributed by atoms with Gasteiger partial charge in [0.2, 0.25) is 0 Å². The molecule has 0 N–H and O–H groups in total. The summed E-state index contributed by atoms with van der Waals surface area (Å²) in [4.78, 5) is 0. The van der Waals surface area contributed by atoms with Crippen molar-refractivity contribution in [2.75, 3.05) is 0 Å². The summed E-state index contributed by atoms with van der Waals surface area (Å²) in [6.45, 7) is 0. The van der Waals surface area contributed by atoms with Crippen molar-refractivity contribution in [3.8, 4) is 28.2 Å². The van der Waals surface area contributed by atoms with Crippen molar-refractivity contribution in [2.45, 2.75) is 0 Å². The predicted octanol–water partition coefficient (Wildman–Crippen LogP) is 10.9. The Morgan fingerprint density at radius 3 is 1.42 bits per heavy atom. The topological polar surface area (TPSA) is 14.8 Å². The summed E-state index contributed by atoms with van der Waals surface area (Å²) < 4.78 is 7.25. The summed E-state index contributed by atoms with van der Waals surface area (Å²) in [6.07, 6.45) is 0. The molecule has 0 saturated heterocycles. The third-order valence-corrected chi connectivity index (χ3v) is 9.41. The fourth-order valence-electron chi connectivity index (χ4n) is 7.61. The number of nitrogens with zero attached hydrogens (tertiary/aromatic N) is 3. The Bertz CT molecular complexity index is 2580. The van der Waals surface area contributed by atoms with E-state index >= 15 is 0 Å². The molecule has 0 aliphatic rings. The van der Waals surface area contributed by atoms with Crippen LogP contribution in [0.25, 0.3) is 82.8 Å². The SMILES string of the molecule is c1ccc(-n2c3cccc4c3c3c2cccc3n4-c2cccc(-c3ccccc3-n3c4ccccc4c4ccccc43)c2)cc1. The molecule has 0 aliphatic carbocycles. The lowest BCUT2D eigenvalue weighted by Gasteiger charge is -2.16. The zero-order chi connectivity index (χ0) is 29.5. The quantitative estimate of drug-likeness (QED) is 0.199. The average Bonchev–Trinajstić information content (AvgIpc) is 3.75. The highest BCUT2D eigenvalue weighted by Crippen LogP contribution is 2.43. The van der Waals surface area contributed by atoms with Gasteiger partial charge in [0, 0.05) is 38.5 Å². The molecule has 10 rings (SSSR count). The van der Waals surface area contributed by atoms with Gasteiger partial charge in [-0.25, -0.2) is 0 Å². The fourth-order valence-corrected chi connectivity index (χ4v) is 7.61. The molecule has 3 aromatic heterocycles. The van der Waals surface area contributed by atoms with Gasteiger partial charge in [-0.1, -0.05) is 97.1 Å². The Balaban J connectivity index is 1.21. The number of fused-ring (bicyclic) bond motifs is 3. The zero-order valence-electron chi connectivity index (χ0n) is 24.4. The molecule has 0 spiro atoms. The number of para-hydroxylation sites is 4. The standard InChI is InChI=1S/C42H27N3/c1-2-14-29(15-3-1)43-37-23-11-25-39-41(37)42-38(43)24-12-26-40(42)44(39)30-16-10-13-28(27-30)31-17-4-7-20-34(31)45-35-21-8-5-18-32(35)33-19-6-9-22-36(33)45/h1-27H. The van der Waals surface area contributed by atoms with Crippen molar-refractivity contribution < 1.29 is 0 Å². The molecule has 3 nitrogen and oxygen atoms in total. The number of hydrogen-bond donors (Lipinski definition) is 0. The maximum Gasteiger partial charge on any atom is 0.0563 e. The van der Waals surface area contributed by atoms with E-state index in [0.29, 0.717) is 0 Å². The highest BCUT2D eigenvalue weighted by Gasteiger charge is 2.22. The Kier molecular flexibility index (Phi) is 5.00. The molecule has 45 heavy (non-hydrogen) atoms. The fraction of sp³-hybridized carbons (Fsp3) is 0. The van der Waals surface area contributed by atoms with Crippen molar-refractivity contribution in [1.29, 1.82) is 0 Å². The second kappa shape index (κ2) is 9.22. The predicted molar refractivity (Wildman–Crippen MR) is 189 cm³/mol. The van der Waals surface area contributed by atoms with Crippen LogP contribution in [0.5, 0.6) is 0 Å². The first-order valence-corrected chi connectivity index (χ1v) is 15.5. The van der Waals surface area contributed by atoms with E-state index in [1.165, 1.54) is 77.1 Å². The van der Waals surface area contributed by atoms with Crippen LogP contribution < -0.4 is 0 Å². The molecule has 10 aromatic rings. The molecule has 0 bridgehead atoms. The molecule has 7 aromatic carbocycles. The van der Waals surface area contributed by atoms with Crippen LogP contribution in [0.2, 0.25) is 0 Å². The Morgan fingerprint density at radius 2 is 0.778 bits per heavy atom. The van der Waals surface area contributed by atoms with Gasteiger partial charge >= 0.3 is 0 Å². The van der Waals surface area contributed by atoms with E-state index in [1.54, 1.807) is 0 Å². The van der Waals surface area contributed by atoms with Crippen LogP contribution in [-0.2, 0) is 0 Å². The average molecular weight is 574 g/mol. The summed E-state index contributed by atoms with van der Waals surface area (Å²) >= 11 is 0. The van der Waals surface area contributed by atoms with Crippen molar-refractivity contribution in [3.05, 3.63) is 164 Å². The van der Waals surface area contributed by atoms with Crippen LogP contribution in [0, 0.1) is 0 Å². The Hall–Kier alpha value is -6.06. The van der Waals surface area contributed by atoms with Crippen molar-refractivity contribution in [3.63, 3.8) is 0 Å². The number of hydrogen-bond acceptors (Lipinski definition) is 0. The molecule has 3 heterocycles. The minimum Gasteiger partial charge on any atom is -0.309 e. The van der Waals surface area contributed by atoms with Crippen molar-refractivity contribution in [2.24, 2.45) is 0 Å². The van der Waals surface area contributed by atoms with Gasteiger partial charge in [-0.3, -0.25) is 0 Å². The summed E-state index contributed by atoms with van der Waals surface area (Å²) in [5.74, 6) is 0. The van der Waals surface area contributed by atoms with Gasteiger partial charge in [0.25, 0.3) is 0 Å². The minimum absolute atomic E-state index is 1.16. The molecule has 210 valence electrons. The van der Waals surface area contributed by atoms with Gasteiger partial charge in [0.05, 0.1) is 38.8 Å². The summed E-state index contributed by atoms with van der Waals surface area (Å²) in [5, 5.41) is 5.16. The van der Waals surface area contributed by atoms with Crippen LogP contribution in [0.15, 0.2) is 164 Å². The van der Waals surface area contributed by atoms with E-state index in [4.69, 9.17) is 0 Å². The van der Waals surface area contributed by atoms with Gasteiger partial charge < -0.3 is 13.7 Å². The van der Waals surface area contributed by atoms with Crippen LogP contribution in [-0.4, -0.2) is 13.7 Å². The normalized spacial score (nSPS) is 12.0. The third kappa shape index (κ3) is 3.35. The maximum atomic E-state index is 2.44. The van der Waals surface area contributed by atoms with E-state index in [9.17, 15) is 0 Å². The molecular formula is C42H27N3. The number of aromatic nitrogens is 3. The van der Waals surface area contributed by atoms with Gasteiger partial charge in [-0.2, -0.15) is 0 Å². The monoisotopic (exact) mass is 573 g/mol. The molecule has 0 radical (unpaired) electrons. The van der Waals surface area contributed by atoms with E-state index in [0.717, 1.165) is 5.69 Å². The number of benzene rings is 7. The molecule has 0 fully saturated rings. The summed E-state index contributed by atoms with van der Waals surface area (Å²) in [5.41, 5.74) is 13.3. The first-order valence-electron chi connectivity index (χ1n) is 15.5.